The van der Waals surface area contributed by atoms with Crippen LogP contribution >= 0.6 is 0 Å². The van der Waals surface area contributed by atoms with Gasteiger partial charge in [-0.15, -0.1) is 0 Å². The molecule has 1 aromatic heterocycles. The third kappa shape index (κ3) is 3.21. The zero-order valence-corrected chi connectivity index (χ0v) is 8.90. The van der Waals surface area contributed by atoms with Crippen molar-refractivity contribution in [2.24, 2.45) is 0 Å². The topological polar surface area (TPSA) is 25.4 Å². The first-order chi connectivity index (χ1) is 7.66. The molecule has 0 bridgehead atoms. The first kappa shape index (κ1) is 11.4. The third-order valence-electron chi connectivity index (χ3n) is 2.48. The number of aromatic nitrogens is 1. The molecule has 1 aliphatic heterocycles. The standard InChI is InChI=1S/C11H14F2N2O/c12-11(13)8-15(5-6-16-9-11)7-10-1-3-14-4-2-10/h1-4H,5-9H2. The predicted octanol–water partition coefficient (Wildman–Crippen LogP) is 1.55. The van der Waals surface area contributed by atoms with Crippen LogP contribution in [0.15, 0.2) is 24.5 Å². The lowest BCUT2D eigenvalue weighted by atomic mass is 10.2. The normalized spacial score (nSPS) is 21.6. The Kier molecular flexibility index (Phi) is 3.46. The Morgan fingerprint density at radius 3 is 2.88 bits per heavy atom. The zero-order chi connectivity index (χ0) is 11.4. The van der Waals surface area contributed by atoms with Crippen LogP contribution in [0.2, 0.25) is 0 Å². The summed E-state index contributed by atoms with van der Waals surface area (Å²) in [5.74, 6) is -2.75. The molecule has 0 amide bonds. The molecule has 0 N–H and O–H groups in total. The molecule has 0 aliphatic carbocycles. The largest absolute Gasteiger partial charge is 0.374 e. The second-order valence-electron chi connectivity index (χ2n) is 3.97. The molecular weight excluding hydrogens is 214 g/mol. The Balaban J connectivity index is 1.98. The van der Waals surface area contributed by atoms with Gasteiger partial charge in [0.2, 0.25) is 0 Å². The molecule has 1 fully saturated rings. The molecular formula is C11H14F2N2O. The van der Waals surface area contributed by atoms with Crippen LogP contribution in [-0.4, -0.2) is 42.1 Å². The quantitative estimate of drug-likeness (QED) is 0.768. The smallest absolute Gasteiger partial charge is 0.283 e. The van der Waals surface area contributed by atoms with Gasteiger partial charge < -0.3 is 4.74 Å². The minimum Gasteiger partial charge on any atom is -0.374 e. The van der Waals surface area contributed by atoms with Crippen molar-refractivity contribution in [2.45, 2.75) is 12.5 Å². The van der Waals surface area contributed by atoms with E-state index in [0.29, 0.717) is 19.7 Å². The number of rotatable bonds is 2. The Labute approximate surface area is 93.0 Å². The van der Waals surface area contributed by atoms with E-state index in [2.05, 4.69) is 4.98 Å². The third-order valence-corrected chi connectivity index (χ3v) is 2.48. The van der Waals surface area contributed by atoms with E-state index in [1.54, 1.807) is 17.3 Å². The van der Waals surface area contributed by atoms with Crippen LogP contribution in [0.25, 0.3) is 0 Å². The minimum atomic E-state index is -2.75. The van der Waals surface area contributed by atoms with Gasteiger partial charge in [-0.25, -0.2) is 8.78 Å². The molecule has 88 valence electrons. The molecule has 0 unspecified atom stereocenters. The average Bonchev–Trinajstić information content (AvgIpc) is 2.40. The molecule has 0 spiro atoms. The van der Waals surface area contributed by atoms with Crippen molar-refractivity contribution in [2.75, 3.05) is 26.3 Å². The van der Waals surface area contributed by atoms with Gasteiger partial charge in [0, 0.05) is 25.5 Å². The highest BCUT2D eigenvalue weighted by atomic mass is 19.3. The Bertz CT molecular complexity index is 332. The van der Waals surface area contributed by atoms with E-state index in [9.17, 15) is 8.78 Å². The van der Waals surface area contributed by atoms with Crippen molar-refractivity contribution in [3.8, 4) is 0 Å². The van der Waals surface area contributed by atoms with Gasteiger partial charge in [0.05, 0.1) is 13.2 Å². The van der Waals surface area contributed by atoms with Crippen LogP contribution in [-0.2, 0) is 11.3 Å². The van der Waals surface area contributed by atoms with E-state index in [0.717, 1.165) is 5.56 Å². The van der Waals surface area contributed by atoms with Crippen LogP contribution in [0.4, 0.5) is 8.78 Å². The SMILES string of the molecule is FC1(F)COCCN(Cc2ccncc2)C1. The van der Waals surface area contributed by atoms with Crippen LogP contribution in [0, 0.1) is 0 Å². The molecule has 1 aromatic rings. The van der Waals surface area contributed by atoms with Gasteiger partial charge in [-0.1, -0.05) is 0 Å². The summed E-state index contributed by atoms with van der Waals surface area (Å²) in [5, 5.41) is 0. The molecule has 3 nitrogen and oxygen atoms in total. The van der Waals surface area contributed by atoms with Crippen molar-refractivity contribution in [1.29, 1.82) is 0 Å². The molecule has 2 heterocycles. The van der Waals surface area contributed by atoms with E-state index in [-0.39, 0.29) is 6.54 Å². The molecule has 16 heavy (non-hydrogen) atoms. The fourth-order valence-electron chi connectivity index (χ4n) is 1.75. The number of ether oxygens (including phenoxy) is 1. The summed E-state index contributed by atoms with van der Waals surface area (Å²) in [6.07, 6.45) is 3.34. The summed E-state index contributed by atoms with van der Waals surface area (Å²) in [7, 11) is 0. The van der Waals surface area contributed by atoms with Crippen molar-refractivity contribution in [3.05, 3.63) is 30.1 Å². The molecule has 5 heteroatoms. The van der Waals surface area contributed by atoms with E-state index in [4.69, 9.17) is 4.74 Å². The predicted molar refractivity (Wildman–Crippen MR) is 55.3 cm³/mol. The maximum Gasteiger partial charge on any atom is 0.283 e. The number of halogens is 2. The Hall–Kier alpha value is -1.07. The van der Waals surface area contributed by atoms with Gasteiger partial charge in [-0.3, -0.25) is 9.88 Å². The van der Waals surface area contributed by atoms with Crippen LogP contribution in [0.5, 0.6) is 0 Å². The molecule has 1 saturated heterocycles. The minimum absolute atomic E-state index is 0.241. The fourth-order valence-corrected chi connectivity index (χ4v) is 1.75. The fraction of sp³-hybridized carbons (Fsp3) is 0.545. The van der Waals surface area contributed by atoms with Crippen molar-refractivity contribution in [1.82, 2.24) is 9.88 Å². The van der Waals surface area contributed by atoms with Gasteiger partial charge in [-0.05, 0) is 17.7 Å². The van der Waals surface area contributed by atoms with Crippen molar-refractivity contribution in [3.63, 3.8) is 0 Å². The maximum absolute atomic E-state index is 13.2. The lowest BCUT2D eigenvalue weighted by Gasteiger charge is -2.22. The summed E-state index contributed by atoms with van der Waals surface area (Å²) >= 11 is 0. The number of hydrogen-bond donors (Lipinski definition) is 0. The van der Waals surface area contributed by atoms with Crippen LogP contribution in [0.1, 0.15) is 5.56 Å². The van der Waals surface area contributed by atoms with Crippen molar-refractivity contribution < 1.29 is 13.5 Å². The highest BCUT2D eigenvalue weighted by Gasteiger charge is 2.34. The van der Waals surface area contributed by atoms with Gasteiger partial charge in [-0.2, -0.15) is 0 Å². The summed E-state index contributed by atoms with van der Waals surface area (Å²) < 4.78 is 31.4. The average molecular weight is 228 g/mol. The number of pyridine rings is 1. The summed E-state index contributed by atoms with van der Waals surface area (Å²) in [6.45, 7) is 0.704. The monoisotopic (exact) mass is 228 g/mol. The maximum atomic E-state index is 13.2. The molecule has 0 radical (unpaired) electrons. The summed E-state index contributed by atoms with van der Waals surface area (Å²) in [4.78, 5) is 5.60. The summed E-state index contributed by atoms with van der Waals surface area (Å²) in [6, 6.07) is 3.67. The Morgan fingerprint density at radius 2 is 2.12 bits per heavy atom. The molecule has 0 aromatic carbocycles. The van der Waals surface area contributed by atoms with Crippen LogP contribution < -0.4 is 0 Å². The van der Waals surface area contributed by atoms with E-state index >= 15 is 0 Å². The lowest BCUT2D eigenvalue weighted by Crippen LogP contribution is -2.36. The van der Waals surface area contributed by atoms with Gasteiger partial charge in [0.15, 0.2) is 0 Å². The van der Waals surface area contributed by atoms with E-state index < -0.39 is 12.5 Å². The zero-order valence-electron chi connectivity index (χ0n) is 8.90. The van der Waals surface area contributed by atoms with Gasteiger partial charge in [0.25, 0.3) is 5.92 Å². The Morgan fingerprint density at radius 1 is 1.38 bits per heavy atom. The molecule has 0 saturated carbocycles. The second kappa shape index (κ2) is 4.84. The number of hydrogen-bond acceptors (Lipinski definition) is 3. The van der Waals surface area contributed by atoms with Gasteiger partial charge >= 0.3 is 0 Å². The number of nitrogens with zero attached hydrogens (tertiary/aromatic N) is 2. The first-order valence-electron chi connectivity index (χ1n) is 5.23. The molecule has 2 rings (SSSR count). The molecule has 1 aliphatic rings. The van der Waals surface area contributed by atoms with Crippen molar-refractivity contribution >= 4 is 0 Å². The second-order valence-corrected chi connectivity index (χ2v) is 3.97. The number of alkyl halides is 2. The van der Waals surface area contributed by atoms with Gasteiger partial charge in [0.1, 0.15) is 6.61 Å². The highest BCUT2D eigenvalue weighted by Crippen LogP contribution is 2.19. The summed E-state index contributed by atoms with van der Waals surface area (Å²) in [5.41, 5.74) is 0.993. The highest BCUT2D eigenvalue weighted by molar-refractivity contribution is 5.09. The lowest BCUT2D eigenvalue weighted by molar-refractivity contribution is -0.0689. The van der Waals surface area contributed by atoms with Crippen LogP contribution in [0.3, 0.4) is 0 Å². The molecule has 0 atom stereocenters. The first-order valence-corrected chi connectivity index (χ1v) is 5.23. The van der Waals surface area contributed by atoms with E-state index in [1.807, 2.05) is 12.1 Å². The van der Waals surface area contributed by atoms with E-state index in [1.165, 1.54) is 0 Å².